The van der Waals surface area contributed by atoms with Gasteiger partial charge < -0.3 is 4.90 Å². The van der Waals surface area contributed by atoms with E-state index in [4.69, 9.17) is 0 Å². The van der Waals surface area contributed by atoms with Gasteiger partial charge in [0.1, 0.15) is 4.21 Å². The molecule has 2 rings (SSSR count). The predicted octanol–water partition coefficient (Wildman–Crippen LogP) is 1.88. The lowest BCUT2D eigenvalue weighted by Crippen LogP contribution is -2.33. The third-order valence-electron chi connectivity index (χ3n) is 2.73. The van der Waals surface area contributed by atoms with E-state index in [9.17, 15) is 8.42 Å². The largest absolute Gasteiger partial charge is 0.302 e. The van der Waals surface area contributed by atoms with E-state index in [0.717, 1.165) is 23.4 Å². The molecule has 1 aliphatic heterocycles. The fourth-order valence-corrected chi connectivity index (χ4v) is 4.93. The van der Waals surface area contributed by atoms with Gasteiger partial charge in [-0.25, -0.2) is 13.1 Å². The molecule has 1 aliphatic rings. The van der Waals surface area contributed by atoms with Gasteiger partial charge in [0.15, 0.2) is 0 Å². The van der Waals surface area contributed by atoms with Gasteiger partial charge in [0.05, 0.1) is 3.79 Å². The molecule has 1 aromatic heterocycles. The van der Waals surface area contributed by atoms with Crippen molar-refractivity contribution in [3.63, 3.8) is 0 Å². The van der Waals surface area contributed by atoms with Gasteiger partial charge in [0, 0.05) is 13.1 Å². The normalized spacial score (nSPS) is 17.7. The lowest BCUT2D eigenvalue weighted by atomic mass is 10.4. The molecular weight excluding hydrogens is 324 g/mol. The van der Waals surface area contributed by atoms with Crippen molar-refractivity contribution in [3.8, 4) is 0 Å². The van der Waals surface area contributed by atoms with Crippen LogP contribution < -0.4 is 4.72 Å². The summed E-state index contributed by atoms with van der Waals surface area (Å²) in [6.45, 7) is 3.46. The van der Waals surface area contributed by atoms with Crippen molar-refractivity contribution in [2.45, 2.75) is 17.1 Å². The summed E-state index contributed by atoms with van der Waals surface area (Å²) >= 11 is 4.49. The standard InChI is InChI=1S/C10H15BrN2O2S2/c11-9-3-4-10(16-9)17(14,15)12-5-8-13-6-1-2-7-13/h3-4,12H,1-2,5-8H2. The summed E-state index contributed by atoms with van der Waals surface area (Å²) in [7, 11) is -3.32. The molecule has 0 radical (unpaired) electrons. The molecule has 1 aromatic rings. The Labute approximate surface area is 114 Å². The van der Waals surface area contributed by atoms with Crippen molar-refractivity contribution < 1.29 is 8.42 Å². The Hall–Kier alpha value is 0.0500. The average Bonchev–Trinajstić information content (AvgIpc) is 2.89. The first-order chi connectivity index (χ1) is 8.08. The van der Waals surface area contributed by atoms with Crippen LogP contribution in [0.15, 0.2) is 20.1 Å². The van der Waals surface area contributed by atoms with Crippen LogP contribution in [0.25, 0.3) is 0 Å². The molecule has 0 saturated carbocycles. The van der Waals surface area contributed by atoms with Crippen LogP contribution in [-0.2, 0) is 10.0 Å². The van der Waals surface area contributed by atoms with Crippen LogP contribution in [0.2, 0.25) is 0 Å². The highest BCUT2D eigenvalue weighted by Crippen LogP contribution is 2.25. The maximum absolute atomic E-state index is 11.9. The summed E-state index contributed by atoms with van der Waals surface area (Å²) in [5.74, 6) is 0. The number of nitrogens with zero attached hydrogens (tertiary/aromatic N) is 1. The van der Waals surface area contributed by atoms with Crippen LogP contribution >= 0.6 is 27.3 Å². The molecule has 4 nitrogen and oxygen atoms in total. The van der Waals surface area contributed by atoms with E-state index in [1.807, 2.05) is 0 Å². The van der Waals surface area contributed by atoms with Crippen LogP contribution in [0.1, 0.15) is 12.8 Å². The number of sulfonamides is 1. The molecule has 0 spiro atoms. The molecular formula is C10H15BrN2O2S2. The summed E-state index contributed by atoms with van der Waals surface area (Å²) in [6.07, 6.45) is 2.45. The molecule has 0 aromatic carbocycles. The van der Waals surface area contributed by atoms with Crippen LogP contribution in [-0.4, -0.2) is 39.5 Å². The SMILES string of the molecule is O=S(=O)(NCCN1CCCC1)c1ccc(Br)s1. The topological polar surface area (TPSA) is 49.4 Å². The Morgan fingerprint density at radius 1 is 1.35 bits per heavy atom. The first-order valence-electron chi connectivity index (χ1n) is 5.55. The van der Waals surface area contributed by atoms with Crippen molar-refractivity contribution in [1.29, 1.82) is 0 Å². The van der Waals surface area contributed by atoms with E-state index in [-0.39, 0.29) is 0 Å². The third-order valence-corrected chi connectivity index (χ3v) is 6.31. The van der Waals surface area contributed by atoms with Crippen molar-refractivity contribution in [2.75, 3.05) is 26.2 Å². The van der Waals surface area contributed by atoms with Gasteiger partial charge in [-0.05, 0) is 54.0 Å². The quantitative estimate of drug-likeness (QED) is 0.891. The molecule has 7 heteroatoms. The number of rotatable bonds is 5. The number of thiophene rings is 1. The Kier molecular flexibility index (Phi) is 4.59. The van der Waals surface area contributed by atoms with Crippen LogP contribution in [0, 0.1) is 0 Å². The second-order valence-electron chi connectivity index (χ2n) is 4.01. The van der Waals surface area contributed by atoms with Gasteiger partial charge in [-0.3, -0.25) is 0 Å². The fraction of sp³-hybridized carbons (Fsp3) is 0.600. The van der Waals surface area contributed by atoms with Crippen LogP contribution in [0.5, 0.6) is 0 Å². The van der Waals surface area contributed by atoms with Crippen molar-refractivity contribution in [2.24, 2.45) is 0 Å². The molecule has 0 aliphatic carbocycles. The first-order valence-corrected chi connectivity index (χ1v) is 8.64. The van der Waals surface area contributed by atoms with Gasteiger partial charge in [-0.2, -0.15) is 0 Å². The van der Waals surface area contributed by atoms with E-state index in [2.05, 4.69) is 25.6 Å². The second kappa shape index (κ2) is 5.79. The van der Waals surface area contributed by atoms with Gasteiger partial charge in [-0.1, -0.05) is 0 Å². The summed E-state index contributed by atoms with van der Waals surface area (Å²) in [6, 6.07) is 3.37. The molecule has 0 amide bonds. The zero-order chi connectivity index (χ0) is 12.3. The molecule has 1 saturated heterocycles. The van der Waals surface area contributed by atoms with E-state index >= 15 is 0 Å². The lowest BCUT2D eigenvalue weighted by molar-refractivity contribution is 0.344. The molecule has 2 heterocycles. The van der Waals surface area contributed by atoms with E-state index in [0.29, 0.717) is 10.8 Å². The molecule has 96 valence electrons. The number of halogens is 1. The average molecular weight is 339 g/mol. The molecule has 0 atom stereocenters. The predicted molar refractivity (Wildman–Crippen MR) is 72.9 cm³/mol. The first kappa shape index (κ1) is 13.5. The lowest BCUT2D eigenvalue weighted by Gasteiger charge is -2.14. The summed E-state index contributed by atoms with van der Waals surface area (Å²) in [4.78, 5) is 2.28. The maximum atomic E-state index is 11.9. The highest BCUT2D eigenvalue weighted by Gasteiger charge is 2.17. The number of hydrogen-bond donors (Lipinski definition) is 1. The van der Waals surface area contributed by atoms with E-state index in [1.54, 1.807) is 12.1 Å². The maximum Gasteiger partial charge on any atom is 0.250 e. The minimum atomic E-state index is -3.32. The minimum Gasteiger partial charge on any atom is -0.302 e. The second-order valence-corrected chi connectivity index (χ2v) is 8.46. The van der Waals surface area contributed by atoms with Gasteiger partial charge in [0.25, 0.3) is 0 Å². The molecule has 1 N–H and O–H groups in total. The molecule has 0 unspecified atom stereocenters. The van der Waals surface area contributed by atoms with E-state index in [1.165, 1.54) is 24.2 Å². The smallest absolute Gasteiger partial charge is 0.250 e. The number of likely N-dealkylation sites (tertiary alicyclic amines) is 1. The summed E-state index contributed by atoms with van der Waals surface area (Å²) < 4.78 is 27.6. The van der Waals surface area contributed by atoms with Gasteiger partial charge >= 0.3 is 0 Å². The molecule has 0 bridgehead atoms. The highest BCUT2D eigenvalue weighted by molar-refractivity contribution is 9.11. The number of hydrogen-bond acceptors (Lipinski definition) is 4. The fourth-order valence-electron chi connectivity index (χ4n) is 1.86. The monoisotopic (exact) mass is 338 g/mol. The summed E-state index contributed by atoms with van der Waals surface area (Å²) in [5, 5.41) is 0. The third kappa shape index (κ3) is 3.75. The molecule has 17 heavy (non-hydrogen) atoms. The Morgan fingerprint density at radius 3 is 2.65 bits per heavy atom. The van der Waals surface area contributed by atoms with Crippen molar-refractivity contribution >= 4 is 37.3 Å². The Bertz CT molecular complexity index is 466. The Balaban J connectivity index is 1.85. The van der Waals surface area contributed by atoms with Crippen molar-refractivity contribution in [3.05, 3.63) is 15.9 Å². The van der Waals surface area contributed by atoms with Crippen LogP contribution in [0.3, 0.4) is 0 Å². The Morgan fingerprint density at radius 2 is 2.06 bits per heavy atom. The molecule has 1 fully saturated rings. The highest BCUT2D eigenvalue weighted by atomic mass is 79.9. The minimum absolute atomic E-state index is 0.366. The number of nitrogens with one attached hydrogen (secondary N) is 1. The zero-order valence-electron chi connectivity index (χ0n) is 9.36. The summed E-state index contributed by atoms with van der Waals surface area (Å²) in [5.41, 5.74) is 0. The van der Waals surface area contributed by atoms with Crippen molar-refractivity contribution in [1.82, 2.24) is 9.62 Å². The van der Waals surface area contributed by atoms with E-state index < -0.39 is 10.0 Å². The van der Waals surface area contributed by atoms with Crippen LogP contribution in [0.4, 0.5) is 0 Å². The van der Waals surface area contributed by atoms with Gasteiger partial charge in [0.2, 0.25) is 10.0 Å². The van der Waals surface area contributed by atoms with Gasteiger partial charge in [-0.15, -0.1) is 11.3 Å². The zero-order valence-corrected chi connectivity index (χ0v) is 12.6.